The maximum absolute atomic E-state index is 14.6. The van der Waals surface area contributed by atoms with Gasteiger partial charge < -0.3 is 19.6 Å². The number of thioether (sulfide) groups is 1. The fourth-order valence-corrected chi connectivity index (χ4v) is 8.93. The molecule has 2 bridgehead atoms. The maximum Gasteiger partial charge on any atom is 0.310 e. The Labute approximate surface area is 230 Å². The number of carbonyl (C=O) groups excluding carboxylic acids is 3. The number of nitrogens with zero attached hydrogens (tertiary/aromatic N) is 2. The second-order valence-corrected chi connectivity index (χ2v) is 12.2. The number of fused-ring (bicyclic) bond motifs is 1. The molecule has 3 saturated heterocycles. The standard InChI is InChI=1S/C30H40N2O5S/c1-6-9-10-17-37-29(36)23-22-14-15-30(38-22)24(23)27(34)32(21(8-3)18-33)26(30)28(35)31(16-7-2)25-19(4)12-11-13-20(25)5/h6-7,11-13,21-24,26,33H,1-2,8-10,14-18H2,3-5H3/t21-,22+,23-,24-,26?,30?/m0/s1. The Hall–Kier alpha value is -2.58. The smallest absolute Gasteiger partial charge is 0.310 e. The topological polar surface area (TPSA) is 87.1 Å². The van der Waals surface area contributed by atoms with Gasteiger partial charge in [-0.1, -0.05) is 37.3 Å². The Bertz CT molecular complexity index is 1080. The van der Waals surface area contributed by atoms with Crippen molar-refractivity contribution in [1.29, 1.82) is 0 Å². The number of amides is 2. The van der Waals surface area contributed by atoms with Crippen LogP contribution in [0.15, 0.2) is 43.5 Å². The van der Waals surface area contributed by atoms with Crippen molar-refractivity contribution in [3.63, 3.8) is 0 Å². The van der Waals surface area contributed by atoms with Crippen LogP contribution >= 0.6 is 11.8 Å². The van der Waals surface area contributed by atoms with Crippen molar-refractivity contribution < 1.29 is 24.2 Å². The number of likely N-dealkylation sites (tertiary alicyclic amines) is 1. The number of esters is 1. The molecule has 0 aliphatic carbocycles. The minimum absolute atomic E-state index is 0.0597. The highest BCUT2D eigenvalue weighted by Gasteiger charge is 2.74. The first-order valence-electron chi connectivity index (χ1n) is 13.6. The van der Waals surface area contributed by atoms with Gasteiger partial charge in [0.05, 0.1) is 35.8 Å². The number of hydrogen-bond donors (Lipinski definition) is 1. The van der Waals surface area contributed by atoms with Gasteiger partial charge in [-0.15, -0.1) is 24.9 Å². The summed E-state index contributed by atoms with van der Waals surface area (Å²) in [7, 11) is 0. The van der Waals surface area contributed by atoms with E-state index in [4.69, 9.17) is 4.74 Å². The first kappa shape index (κ1) is 28.4. The fourth-order valence-electron chi connectivity index (χ4n) is 6.74. The van der Waals surface area contributed by atoms with E-state index in [9.17, 15) is 19.5 Å². The van der Waals surface area contributed by atoms with Gasteiger partial charge in [0.2, 0.25) is 5.91 Å². The molecule has 2 unspecified atom stereocenters. The lowest BCUT2D eigenvalue weighted by atomic mass is 9.71. The van der Waals surface area contributed by atoms with Crippen LogP contribution in [0.1, 0.15) is 50.2 Å². The van der Waals surface area contributed by atoms with Crippen LogP contribution in [0, 0.1) is 25.7 Å². The zero-order valence-electron chi connectivity index (χ0n) is 22.7. The summed E-state index contributed by atoms with van der Waals surface area (Å²) >= 11 is 1.62. The van der Waals surface area contributed by atoms with Crippen molar-refractivity contribution in [2.45, 2.75) is 75.0 Å². The average Bonchev–Trinajstić information content (AvgIpc) is 3.54. The second kappa shape index (κ2) is 11.7. The summed E-state index contributed by atoms with van der Waals surface area (Å²) in [6.07, 6.45) is 6.85. The lowest BCUT2D eigenvalue weighted by molar-refractivity contribution is -0.154. The molecule has 206 valence electrons. The maximum atomic E-state index is 14.6. The molecule has 3 aliphatic heterocycles. The molecule has 38 heavy (non-hydrogen) atoms. The summed E-state index contributed by atoms with van der Waals surface area (Å²) in [6.45, 7) is 13.8. The van der Waals surface area contributed by atoms with E-state index in [0.717, 1.165) is 29.7 Å². The third-order valence-corrected chi connectivity index (χ3v) is 10.4. The fraction of sp³-hybridized carbons (Fsp3) is 0.567. The molecule has 3 aliphatic rings. The number of para-hydroxylation sites is 1. The minimum Gasteiger partial charge on any atom is -0.465 e. The third kappa shape index (κ3) is 4.60. The first-order chi connectivity index (χ1) is 18.3. The number of benzene rings is 1. The van der Waals surface area contributed by atoms with Crippen LogP contribution in [-0.2, 0) is 19.1 Å². The van der Waals surface area contributed by atoms with Crippen molar-refractivity contribution in [2.24, 2.45) is 11.8 Å². The molecule has 3 fully saturated rings. The van der Waals surface area contributed by atoms with Gasteiger partial charge in [-0.25, -0.2) is 0 Å². The summed E-state index contributed by atoms with van der Waals surface area (Å²) < 4.78 is 4.90. The number of ether oxygens (including phenoxy) is 1. The highest BCUT2D eigenvalue weighted by Crippen LogP contribution is 2.67. The van der Waals surface area contributed by atoms with Crippen molar-refractivity contribution in [3.05, 3.63) is 54.6 Å². The summed E-state index contributed by atoms with van der Waals surface area (Å²) in [6, 6.07) is 4.61. The summed E-state index contributed by atoms with van der Waals surface area (Å²) in [5.74, 6) is -1.98. The van der Waals surface area contributed by atoms with Gasteiger partial charge in [0, 0.05) is 17.5 Å². The van der Waals surface area contributed by atoms with E-state index < -0.39 is 28.7 Å². The van der Waals surface area contributed by atoms with E-state index in [2.05, 4.69) is 13.2 Å². The van der Waals surface area contributed by atoms with E-state index in [0.29, 0.717) is 25.8 Å². The van der Waals surface area contributed by atoms with Crippen molar-refractivity contribution in [2.75, 3.05) is 24.7 Å². The SMILES string of the molecule is C=CCCCOC(=O)[C@@H]1[C@H]2C(=O)N([C@@H](CC)CO)C(C(=O)N(CC=C)c3c(C)cccc3C)C23CC[C@H]1S3. The Kier molecular flexibility index (Phi) is 8.72. The number of rotatable bonds is 12. The van der Waals surface area contributed by atoms with Crippen LogP contribution in [0.2, 0.25) is 0 Å². The van der Waals surface area contributed by atoms with Crippen LogP contribution < -0.4 is 4.90 Å². The largest absolute Gasteiger partial charge is 0.465 e. The van der Waals surface area contributed by atoms with Gasteiger partial charge >= 0.3 is 5.97 Å². The van der Waals surface area contributed by atoms with E-state index in [1.807, 2.05) is 39.0 Å². The lowest BCUT2D eigenvalue weighted by Crippen LogP contribution is -2.57. The highest BCUT2D eigenvalue weighted by atomic mass is 32.2. The monoisotopic (exact) mass is 540 g/mol. The van der Waals surface area contributed by atoms with Crippen molar-refractivity contribution in [3.8, 4) is 0 Å². The normalized spacial score (nSPS) is 28.2. The molecule has 0 radical (unpaired) electrons. The summed E-state index contributed by atoms with van der Waals surface area (Å²) in [5, 5.41) is 10.2. The van der Waals surface area contributed by atoms with Gasteiger partial charge in [-0.3, -0.25) is 14.4 Å². The first-order valence-corrected chi connectivity index (χ1v) is 14.5. The molecule has 2 amide bonds. The number of unbranched alkanes of at least 4 members (excludes halogenated alkanes) is 1. The Morgan fingerprint density at radius 1 is 1.29 bits per heavy atom. The van der Waals surface area contributed by atoms with Crippen LogP contribution in [0.3, 0.4) is 0 Å². The molecular weight excluding hydrogens is 500 g/mol. The second-order valence-electron chi connectivity index (χ2n) is 10.6. The number of hydrogen-bond acceptors (Lipinski definition) is 6. The summed E-state index contributed by atoms with van der Waals surface area (Å²) in [4.78, 5) is 45.5. The van der Waals surface area contributed by atoms with Gasteiger partial charge in [0.25, 0.3) is 5.91 Å². The Balaban J connectivity index is 1.76. The highest BCUT2D eigenvalue weighted by molar-refractivity contribution is 8.02. The van der Waals surface area contributed by atoms with E-state index >= 15 is 0 Å². The predicted molar refractivity (Wildman–Crippen MR) is 151 cm³/mol. The van der Waals surface area contributed by atoms with Crippen LogP contribution in [0.4, 0.5) is 5.69 Å². The van der Waals surface area contributed by atoms with Crippen LogP contribution in [-0.4, -0.2) is 69.6 Å². The average molecular weight is 541 g/mol. The van der Waals surface area contributed by atoms with E-state index in [-0.39, 0.29) is 36.2 Å². The number of aliphatic hydroxyl groups excluding tert-OH is 1. The number of anilines is 1. The Morgan fingerprint density at radius 3 is 2.61 bits per heavy atom. The molecule has 0 saturated carbocycles. The zero-order valence-corrected chi connectivity index (χ0v) is 23.5. The van der Waals surface area contributed by atoms with Gasteiger partial charge in [-0.05, 0) is 57.1 Å². The molecule has 6 atom stereocenters. The van der Waals surface area contributed by atoms with Gasteiger partial charge in [-0.2, -0.15) is 0 Å². The van der Waals surface area contributed by atoms with Crippen LogP contribution in [0.25, 0.3) is 0 Å². The number of allylic oxidation sites excluding steroid dienone is 1. The lowest BCUT2D eigenvalue weighted by Gasteiger charge is -2.40. The molecule has 4 rings (SSSR count). The van der Waals surface area contributed by atoms with E-state index in [1.165, 1.54) is 0 Å². The third-order valence-electron chi connectivity index (χ3n) is 8.40. The van der Waals surface area contributed by atoms with E-state index in [1.54, 1.807) is 33.7 Å². The molecule has 0 aromatic heterocycles. The van der Waals surface area contributed by atoms with Crippen LogP contribution in [0.5, 0.6) is 0 Å². The molecule has 1 N–H and O–H groups in total. The van der Waals surface area contributed by atoms with Gasteiger partial charge in [0.15, 0.2) is 0 Å². The number of carbonyl (C=O) groups is 3. The predicted octanol–water partition coefficient (Wildman–Crippen LogP) is 4.19. The molecule has 1 aromatic rings. The number of aliphatic hydroxyl groups is 1. The van der Waals surface area contributed by atoms with Crippen molar-refractivity contribution in [1.82, 2.24) is 4.90 Å². The molecular formula is C30H40N2O5S. The van der Waals surface area contributed by atoms with Gasteiger partial charge in [0.1, 0.15) is 6.04 Å². The minimum atomic E-state index is -0.787. The quantitative estimate of drug-likeness (QED) is 0.243. The number of aryl methyl sites for hydroxylation is 2. The molecule has 7 nitrogen and oxygen atoms in total. The molecule has 8 heteroatoms. The molecule has 1 aromatic carbocycles. The Morgan fingerprint density at radius 2 is 2.00 bits per heavy atom. The molecule has 1 spiro atoms. The molecule has 3 heterocycles. The summed E-state index contributed by atoms with van der Waals surface area (Å²) in [5.41, 5.74) is 2.74. The zero-order chi connectivity index (χ0) is 27.6. The van der Waals surface area contributed by atoms with Crippen molar-refractivity contribution >= 4 is 35.2 Å².